The van der Waals surface area contributed by atoms with Crippen LogP contribution in [0.4, 0.5) is 10.5 Å². The summed E-state index contributed by atoms with van der Waals surface area (Å²) in [6.07, 6.45) is 2.55. The van der Waals surface area contributed by atoms with Gasteiger partial charge in [0, 0.05) is 31.1 Å². The molecule has 3 aliphatic rings. The van der Waals surface area contributed by atoms with Gasteiger partial charge in [-0.15, -0.1) is 0 Å². The molecule has 3 aliphatic heterocycles. The highest BCUT2D eigenvalue weighted by Gasteiger charge is 2.40. The number of fused-ring (bicyclic) bond motifs is 3. The van der Waals surface area contributed by atoms with Crippen molar-refractivity contribution in [3.05, 3.63) is 16.8 Å². The SMILES string of the molecule is CCN(CC)C[C@@H]1CN2CC[C@H]1C[C@@H]2CNC(=O)Nc1ccsc1. The number of thiophene rings is 1. The molecule has 4 atom stereocenters. The Morgan fingerprint density at radius 2 is 2.25 bits per heavy atom. The molecule has 1 aromatic heterocycles. The van der Waals surface area contributed by atoms with E-state index in [9.17, 15) is 4.79 Å². The maximum Gasteiger partial charge on any atom is 0.319 e. The summed E-state index contributed by atoms with van der Waals surface area (Å²) in [7, 11) is 0. The van der Waals surface area contributed by atoms with Crippen LogP contribution in [0.15, 0.2) is 16.8 Å². The predicted molar refractivity (Wildman–Crippen MR) is 101 cm³/mol. The van der Waals surface area contributed by atoms with Gasteiger partial charge in [0.1, 0.15) is 0 Å². The van der Waals surface area contributed by atoms with Gasteiger partial charge >= 0.3 is 6.03 Å². The van der Waals surface area contributed by atoms with Gasteiger partial charge in [-0.3, -0.25) is 4.90 Å². The van der Waals surface area contributed by atoms with E-state index in [0.29, 0.717) is 6.04 Å². The molecule has 3 saturated heterocycles. The summed E-state index contributed by atoms with van der Waals surface area (Å²) in [6, 6.07) is 2.34. The average Bonchev–Trinajstić information content (AvgIpc) is 3.11. The number of anilines is 1. The molecule has 3 fully saturated rings. The van der Waals surface area contributed by atoms with E-state index in [0.717, 1.165) is 37.2 Å². The first-order valence-corrected chi connectivity index (χ1v) is 10.2. The number of hydrogen-bond donors (Lipinski definition) is 2. The Bertz CT molecular complexity index is 517. The lowest BCUT2D eigenvalue weighted by Crippen LogP contribution is -2.58. The van der Waals surface area contributed by atoms with Crippen LogP contribution in [0, 0.1) is 11.8 Å². The molecule has 4 rings (SSSR count). The Labute approximate surface area is 149 Å². The van der Waals surface area contributed by atoms with E-state index >= 15 is 0 Å². The summed E-state index contributed by atoms with van der Waals surface area (Å²) in [5.41, 5.74) is 0.877. The zero-order chi connectivity index (χ0) is 16.9. The van der Waals surface area contributed by atoms with Crippen molar-refractivity contribution < 1.29 is 4.79 Å². The minimum absolute atomic E-state index is 0.0873. The van der Waals surface area contributed by atoms with Gasteiger partial charge in [-0.05, 0) is 55.8 Å². The average molecular weight is 351 g/mol. The van der Waals surface area contributed by atoms with Crippen molar-refractivity contribution in [2.24, 2.45) is 11.8 Å². The molecule has 0 saturated carbocycles. The van der Waals surface area contributed by atoms with Gasteiger partial charge in [0.25, 0.3) is 0 Å². The van der Waals surface area contributed by atoms with E-state index < -0.39 is 0 Å². The summed E-state index contributed by atoms with van der Waals surface area (Å²) in [6.45, 7) is 11.2. The number of rotatable bonds is 7. The maximum atomic E-state index is 12.0. The molecule has 24 heavy (non-hydrogen) atoms. The lowest BCUT2D eigenvalue weighted by Gasteiger charge is -2.50. The minimum atomic E-state index is -0.0873. The van der Waals surface area contributed by atoms with Crippen LogP contribution in [0.3, 0.4) is 0 Å². The number of nitrogens with one attached hydrogen (secondary N) is 2. The van der Waals surface area contributed by atoms with Crippen LogP contribution in [-0.2, 0) is 0 Å². The number of urea groups is 1. The topological polar surface area (TPSA) is 47.6 Å². The van der Waals surface area contributed by atoms with Gasteiger partial charge < -0.3 is 15.5 Å². The number of carbonyl (C=O) groups is 1. The summed E-state index contributed by atoms with van der Waals surface area (Å²) in [5.74, 6) is 1.62. The van der Waals surface area contributed by atoms with Crippen molar-refractivity contribution in [2.45, 2.75) is 32.7 Å². The number of carbonyl (C=O) groups excluding carboxylic acids is 1. The monoisotopic (exact) mass is 350 g/mol. The Morgan fingerprint density at radius 3 is 2.88 bits per heavy atom. The fraction of sp³-hybridized carbons (Fsp3) is 0.722. The van der Waals surface area contributed by atoms with Crippen molar-refractivity contribution in [3.8, 4) is 0 Å². The van der Waals surface area contributed by atoms with Crippen molar-refractivity contribution in [2.75, 3.05) is 44.6 Å². The molecule has 6 heteroatoms. The largest absolute Gasteiger partial charge is 0.336 e. The predicted octanol–water partition coefficient (Wildman–Crippen LogP) is 2.92. The van der Waals surface area contributed by atoms with Crippen LogP contribution in [-0.4, -0.2) is 61.1 Å². The van der Waals surface area contributed by atoms with E-state index in [1.165, 1.54) is 32.5 Å². The zero-order valence-corrected chi connectivity index (χ0v) is 15.6. The second kappa shape index (κ2) is 8.32. The van der Waals surface area contributed by atoms with Crippen LogP contribution in [0.1, 0.15) is 26.7 Å². The molecule has 0 spiro atoms. The Balaban J connectivity index is 1.45. The third kappa shape index (κ3) is 4.29. The molecule has 0 aromatic carbocycles. The summed E-state index contributed by atoms with van der Waals surface area (Å²) in [5, 5.41) is 9.86. The first kappa shape index (κ1) is 17.7. The summed E-state index contributed by atoms with van der Waals surface area (Å²) in [4.78, 5) is 17.1. The Morgan fingerprint density at radius 1 is 1.42 bits per heavy atom. The molecule has 1 aromatic rings. The lowest BCUT2D eigenvalue weighted by molar-refractivity contribution is -0.00977. The van der Waals surface area contributed by atoms with E-state index in [1.807, 2.05) is 16.8 Å². The smallest absolute Gasteiger partial charge is 0.319 e. The quantitative estimate of drug-likeness (QED) is 0.795. The third-order valence-corrected chi connectivity index (χ3v) is 6.36. The molecule has 4 heterocycles. The molecule has 5 nitrogen and oxygen atoms in total. The molecular weight excluding hydrogens is 320 g/mol. The third-order valence-electron chi connectivity index (χ3n) is 5.68. The summed E-state index contributed by atoms with van der Waals surface area (Å²) >= 11 is 1.59. The second-order valence-corrected chi connectivity index (χ2v) is 7.81. The normalized spacial score (nSPS) is 29.0. The van der Waals surface area contributed by atoms with Gasteiger partial charge in [-0.1, -0.05) is 13.8 Å². The van der Waals surface area contributed by atoms with Crippen LogP contribution in [0.25, 0.3) is 0 Å². The van der Waals surface area contributed by atoms with Gasteiger partial charge in [0.2, 0.25) is 0 Å². The van der Waals surface area contributed by atoms with Gasteiger partial charge in [0.05, 0.1) is 5.69 Å². The standard InChI is InChI=1S/C18H30N4OS/c1-3-21(4-2)11-15-12-22-7-5-14(15)9-17(22)10-19-18(23)20-16-6-8-24-13-16/h6,8,13-15,17H,3-5,7,9-12H2,1-2H3,(H2,19,20,23)/t14-,15+,17+/m0/s1. The molecule has 1 unspecified atom stereocenters. The number of amides is 2. The minimum Gasteiger partial charge on any atom is -0.336 e. The molecule has 2 bridgehead atoms. The maximum absolute atomic E-state index is 12.0. The van der Waals surface area contributed by atoms with Gasteiger partial charge in [-0.25, -0.2) is 4.79 Å². The van der Waals surface area contributed by atoms with Crippen molar-refractivity contribution in [3.63, 3.8) is 0 Å². The van der Waals surface area contributed by atoms with Crippen LogP contribution in [0.5, 0.6) is 0 Å². The first-order chi connectivity index (χ1) is 11.7. The van der Waals surface area contributed by atoms with E-state index in [4.69, 9.17) is 0 Å². The van der Waals surface area contributed by atoms with Crippen molar-refractivity contribution in [1.82, 2.24) is 15.1 Å². The molecule has 2 N–H and O–H groups in total. The fourth-order valence-corrected chi connectivity index (χ4v) is 4.79. The lowest BCUT2D eigenvalue weighted by atomic mass is 9.75. The zero-order valence-electron chi connectivity index (χ0n) is 14.8. The Hall–Kier alpha value is -1.11. The second-order valence-electron chi connectivity index (χ2n) is 7.03. The van der Waals surface area contributed by atoms with Gasteiger partial charge in [0.15, 0.2) is 0 Å². The molecule has 0 radical (unpaired) electrons. The van der Waals surface area contributed by atoms with E-state index in [-0.39, 0.29) is 6.03 Å². The molecule has 2 amide bonds. The van der Waals surface area contributed by atoms with E-state index in [2.05, 4.69) is 34.3 Å². The van der Waals surface area contributed by atoms with E-state index in [1.54, 1.807) is 11.3 Å². The number of piperidine rings is 3. The molecular formula is C18H30N4OS. The number of hydrogen-bond acceptors (Lipinski definition) is 4. The van der Waals surface area contributed by atoms with Crippen LogP contribution in [0.2, 0.25) is 0 Å². The van der Waals surface area contributed by atoms with Crippen LogP contribution >= 0.6 is 11.3 Å². The van der Waals surface area contributed by atoms with Crippen LogP contribution < -0.4 is 10.6 Å². The first-order valence-electron chi connectivity index (χ1n) is 9.23. The van der Waals surface area contributed by atoms with Gasteiger partial charge in [-0.2, -0.15) is 11.3 Å². The van der Waals surface area contributed by atoms with Crippen molar-refractivity contribution >= 4 is 23.1 Å². The fourth-order valence-electron chi connectivity index (χ4n) is 4.20. The number of nitrogens with zero attached hydrogens (tertiary/aromatic N) is 2. The van der Waals surface area contributed by atoms with Crippen molar-refractivity contribution in [1.29, 1.82) is 0 Å². The highest BCUT2D eigenvalue weighted by molar-refractivity contribution is 7.08. The Kier molecular flexibility index (Phi) is 6.14. The molecule has 0 aliphatic carbocycles. The molecule has 134 valence electrons. The highest BCUT2D eigenvalue weighted by atomic mass is 32.1. The highest BCUT2D eigenvalue weighted by Crippen LogP contribution is 2.36. The summed E-state index contributed by atoms with van der Waals surface area (Å²) < 4.78 is 0.